The zero-order valence-electron chi connectivity index (χ0n) is 15.5. The fourth-order valence-corrected chi connectivity index (χ4v) is 4.04. The molecule has 1 saturated carbocycles. The minimum atomic E-state index is -0.174. The van der Waals surface area contributed by atoms with Crippen molar-refractivity contribution in [3.63, 3.8) is 0 Å². The van der Waals surface area contributed by atoms with Crippen molar-refractivity contribution in [3.8, 4) is 0 Å². The molecule has 0 spiro atoms. The Kier molecular flexibility index (Phi) is 4.43. The largest absolute Gasteiger partial charge is 0.377 e. The van der Waals surface area contributed by atoms with Gasteiger partial charge in [-0.3, -0.25) is 14.3 Å². The highest BCUT2D eigenvalue weighted by Gasteiger charge is 2.58. The maximum atomic E-state index is 11.8. The number of primary amides is 1. The molecule has 1 aliphatic heterocycles. The number of aryl methyl sites for hydroxylation is 1. The molecule has 2 aromatic rings. The third kappa shape index (κ3) is 3.32. The minimum absolute atomic E-state index is 0.0510. The highest BCUT2D eigenvalue weighted by atomic mass is 16.5. The first-order valence-corrected chi connectivity index (χ1v) is 9.03. The van der Waals surface area contributed by atoms with Gasteiger partial charge in [-0.25, -0.2) is 4.98 Å². The van der Waals surface area contributed by atoms with Crippen LogP contribution >= 0.6 is 0 Å². The number of aromatic nitrogens is 3. The van der Waals surface area contributed by atoms with Crippen molar-refractivity contribution in [2.75, 3.05) is 31.7 Å². The van der Waals surface area contributed by atoms with Crippen LogP contribution in [0.15, 0.2) is 24.5 Å². The van der Waals surface area contributed by atoms with Crippen LogP contribution in [0.5, 0.6) is 0 Å². The molecule has 3 heterocycles. The molecule has 8 nitrogen and oxygen atoms in total. The van der Waals surface area contributed by atoms with Gasteiger partial charge in [0.25, 0.3) is 0 Å². The van der Waals surface area contributed by atoms with Crippen LogP contribution in [0.3, 0.4) is 0 Å². The summed E-state index contributed by atoms with van der Waals surface area (Å²) in [4.78, 5) is 30.1. The lowest BCUT2D eigenvalue weighted by atomic mass is 10.2. The molecule has 1 amide bonds. The molecule has 1 unspecified atom stereocenters. The molecule has 0 bridgehead atoms. The molecule has 0 radical (unpaired) electrons. The standard InChI is InChI=1S/C19H23N5O3/c1-11-12(6-24-7-13(5-21-24)16(25)10-27-2)3-4-17(22-11)23-8-14-15(9-23)18(14)19(20)26/h3-5,7,14-15,18H,6,8-10H2,1-2H3,(H2,20,26)/t14-,15+,18?. The van der Waals surface area contributed by atoms with E-state index in [0.717, 1.165) is 30.2 Å². The van der Waals surface area contributed by atoms with Gasteiger partial charge in [0.2, 0.25) is 5.91 Å². The van der Waals surface area contributed by atoms with Crippen molar-refractivity contribution in [2.24, 2.45) is 23.5 Å². The average Bonchev–Trinajstić information content (AvgIpc) is 2.99. The first-order valence-electron chi connectivity index (χ1n) is 9.03. The van der Waals surface area contributed by atoms with E-state index >= 15 is 0 Å². The van der Waals surface area contributed by atoms with Gasteiger partial charge in [-0.2, -0.15) is 5.10 Å². The Bertz CT molecular complexity index is 881. The number of ether oxygens (including phenoxy) is 1. The van der Waals surface area contributed by atoms with Gasteiger partial charge >= 0.3 is 0 Å². The molecule has 3 atom stereocenters. The molecule has 1 saturated heterocycles. The van der Waals surface area contributed by atoms with Crippen LogP contribution in [0.25, 0.3) is 0 Å². The van der Waals surface area contributed by atoms with E-state index in [1.54, 1.807) is 17.1 Å². The Morgan fingerprint density at radius 1 is 1.30 bits per heavy atom. The van der Waals surface area contributed by atoms with Crippen LogP contribution in [0.1, 0.15) is 21.6 Å². The van der Waals surface area contributed by atoms with Crippen molar-refractivity contribution in [2.45, 2.75) is 13.5 Å². The number of hydrogen-bond donors (Lipinski definition) is 1. The first kappa shape index (κ1) is 17.7. The van der Waals surface area contributed by atoms with Crippen molar-refractivity contribution >= 4 is 17.5 Å². The quantitative estimate of drug-likeness (QED) is 0.718. The number of ketones is 1. The summed E-state index contributed by atoms with van der Waals surface area (Å²) in [6.45, 7) is 4.26. The fourth-order valence-electron chi connectivity index (χ4n) is 4.04. The Hall–Kier alpha value is -2.74. The summed E-state index contributed by atoms with van der Waals surface area (Å²) in [5.41, 5.74) is 7.94. The van der Waals surface area contributed by atoms with E-state index in [4.69, 9.17) is 15.5 Å². The van der Waals surface area contributed by atoms with Crippen molar-refractivity contribution in [1.82, 2.24) is 14.8 Å². The maximum absolute atomic E-state index is 11.8. The van der Waals surface area contributed by atoms with E-state index in [1.807, 2.05) is 19.1 Å². The van der Waals surface area contributed by atoms with Gasteiger partial charge in [0.15, 0.2) is 5.78 Å². The van der Waals surface area contributed by atoms with Crippen LogP contribution in [0.2, 0.25) is 0 Å². The molecule has 2 fully saturated rings. The SMILES string of the molecule is COCC(=O)c1cnn(Cc2ccc(N3C[C@@H]4C(C(N)=O)[C@@H]4C3)nc2C)c1. The monoisotopic (exact) mass is 369 g/mol. The molecular formula is C19H23N5O3. The van der Waals surface area contributed by atoms with E-state index < -0.39 is 0 Å². The van der Waals surface area contributed by atoms with Crippen LogP contribution in [0.4, 0.5) is 5.82 Å². The van der Waals surface area contributed by atoms with Crippen LogP contribution in [-0.4, -0.2) is 53.3 Å². The lowest BCUT2D eigenvalue weighted by Gasteiger charge is -2.21. The van der Waals surface area contributed by atoms with Gasteiger partial charge < -0.3 is 15.4 Å². The Morgan fingerprint density at radius 3 is 2.67 bits per heavy atom. The van der Waals surface area contributed by atoms with Crippen molar-refractivity contribution < 1.29 is 14.3 Å². The highest BCUT2D eigenvalue weighted by Crippen LogP contribution is 2.52. The predicted molar refractivity (Wildman–Crippen MR) is 98.4 cm³/mol. The van der Waals surface area contributed by atoms with Gasteiger partial charge in [0.1, 0.15) is 12.4 Å². The topological polar surface area (TPSA) is 103 Å². The maximum Gasteiger partial charge on any atom is 0.221 e. The molecule has 2 aliphatic rings. The number of hydrogen-bond acceptors (Lipinski definition) is 6. The lowest BCUT2D eigenvalue weighted by Crippen LogP contribution is -2.29. The molecule has 2 N–H and O–H groups in total. The van der Waals surface area contributed by atoms with E-state index in [2.05, 4.69) is 10.00 Å². The van der Waals surface area contributed by atoms with Crippen LogP contribution in [-0.2, 0) is 16.1 Å². The number of anilines is 1. The second-order valence-corrected chi connectivity index (χ2v) is 7.36. The minimum Gasteiger partial charge on any atom is -0.377 e. The normalized spacial score (nSPS) is 23.3. The van der Waals surface area contributed by atoms with E-state index in [9.17, 15) is 9.59 Å². The van der Waals surface area contributed by atoms with Crippen molar-refractivity contribution in [1.29, 1.82) is 0 Å². The van der Waals surface area contributed by atoms with Crippen LogP contribution in [0, 0.1) is 24.7 Å². The number of rotatable bonds is 7. The third-order valence-corrected chi connectivity index (χ3v) is 5.59. The molecule has 27 heavy (non-hydrogen) atoms. The Labute approximate surface area is 157 Å². The molecule has 1 aliphatic carbocycles. The summed E-state index contributed by atoms with van der Waals surface area (Å²) in [6.07, 6.45) is 3.29. The number of nitrogens with zero attached hydrogens (tertiary/aromatic N) is 4. The van der Waals surface area contributed by atoms with E-state index in [0.29, 0.717) is 23.9 Å². The number of nitrogens with two attached hydrogens (primary N) is 1. The number of fused-ring (bicyclic) bond motifs is 1. The number of Topliss-reactive ketones (excluding diaryl/α,β-unsaturated/α-hetero) is 1. The predicted octanol–water partition coefficient (Wildman–Crippen LogP) is 0.631. The number of piperidine rings is 1. The smallest absolute Gasteiger partial charge is 0.221 e. The summed E-state index contributed by atoms with van der Waals surface area (Å²) in [5.74, 6) is 1.50. The molecule has 2 aromatic heterocycles. The molecule has 8 heteroatoms. The van der Waals surface area contributed by atoms with Crippen LogP contribution < -0.4 is 10.6 Å². The van der Waals surface area contributed by atoms with E-state index in [-0.39, 0.29) is 24.2 Å². The molecular weight excluding hydrogens is 346 g/mol. The first-order chi connectivity index (χ1) is 13.0. The number of methoxy groups -OCH3 is 1. The summed E-state index contributed by atoms with van der Waals surface area (Å²) >= 11 is 0. The molecule has 142 valence electrons. The zero-order chi connectivity index (χ0) is 19.1. The van der Waals surface area contributed by atoms with Gasteiger partial charge in [0.05, 0.1) is 18.3 Å². The molecule has 0 aromatic carbocycles. The molecule has 4 rings (SSSR count). The number of carbonyl (C=O) groups is 2. The average molecular weight is 369 g/mol. The summed E-state index contributed by atoms with van der Waals surface area (Å²) in [6, 6.07) is 4.05. The number of amides is 1. The summed E-state index contributed by atoms with van der Waals surface area (Å²) < 4.78 is 6.60. The van der Waals surface area contributed by atoms with Gasteiger partial charge in [-0.15, -0.1) is 0 Å². The second-order valence-electron chi connectivity index (χ2n) is 7.36. The van der Waals surface area contributed by atoms with E-state index in [1.165, 1.54) is 7.11 Å². The Morgan fingerprint density at radius 2 is 2.04 bits per heavy atom. The Balaban J connectivity index is 1.41. The lowest BCUT2D eigenvalue weighted by molar-refractivity contribution is -0.119. The zero-order valence-corrected chi connectivity index (χ0v) is 15.5. The number of carbonyl (C=O) groups excluding carboxylic acids is 2. The second kappa shape index (κ2) is 6.77. The summed E-state index contributed by atoms with van der Waals surface area (Å²) in [7, 11) is 1.50. The third-order valence-electron chi connectivity index (χ3n) is 5.59. The van der Waals surface area contributed by atoms with Gasteiger partial charge in [-0.05, 0) is 30.4 Å². The summed E-state index contributed by atoms with van der Waals surface area (Å²) in [5, 5.41) is 4.25. The number of pyridine rings is 1. The van der Waals surface area contributed by atoms with Crippen molar-refractivity contribution in [3.05, 3.63) is 41.3 Å². The van der Waals surface area contributed by atoms with Gasteiger partial charge in [0, 0.05) is 38.0 Å². The van der Waals surface area contributed by atoms with Gasteiger partial charge in [-0.1, -0.05) is 6.07 Å². The fraction of sp³-hybridized carbons (Fsp3) is 0.474. The highest BCUT2D eigenvalue weighted by molar-refractivity contribution is 5.96.